The van der Waals surface area contributed by atoms with Crippen molar-refractivity contribution in [3.8, 4) is 11.3 Å². The van der Waals surface area contributed by atoms with Crippen LogP contribution in [0.3, 0.4) is 0 Å². The molecule has 1 aromatic heterocycles. The van der Waals surface area contributed by atoms with Crippen LogP contribution in [0.5, 0.6) is 0 Å². The second kappa shape index (κ2) is 5.77. The molecule has 0 saturated heterocycles. The van der Waals surface area contributed by atoms with Crippen molar-refractivity contribution in [2.75, 3.05) is 5.32 Å². The lowest BCUT2D eigenvalue weighted by atomic mass is 10.1. The maximum Gasteiger partial charge on any atom is 0.187 e. The predicted octanol–water partition coefficient (Wildman–Crippen LogP) is 5.62. The average molecular weight is 345 g/mol. The summed E-state index contributed by atoms with van der Waals surface area (Å²) in [5.41, 5.74) is 4.46. The molecule has 0 atom stereocenters. The zero-order valence-corrected chi connectivity index (χ0v) is 13.3. The van der Waals surface area contributed by atoms with E-state index in [2.05, 4.69) is 62.8 Å². The Bertz CT molecular complexity index is 702. The minimum absolute atomic E-state index is 0.905. The molecule has 20 heavy (non-hydrogen) atoms. The van der Waals surface area contributed by atoms with Gasteiger partial charge in [0.25, 0.3) is 0 Å². The Morgan fingerprint density at radius 2 is 1.70 bits per heavy atom. The fourth-order valence-corrected chi connectivity index (χ4v) is 2.85. The summed E-state index contributed by atoms with van der Waals surface area (Å²) in [5.74, 6) is 0. The van der Waals surface area contributed by atoms with Crippen LogP contribution in [-0.2, 0) is 0 Å². The molecule has 0 spiro atoms. The molecule has 3 rings (SSSR count). The topological polar surface area (TPSA) is 24.9 Å². The molecule has 0 aliphatic carbocycles. The summed E-state index contributed by atoms with van der Waals surface area (Å²) < 4.78 is 1.07. The first-order valence-corrected chi connectivity index (χ1v) is 7.93. The van der Waals surface area contributed by atoms with Crippen molar-refractivity contribution >= 4 is 38.1 Å². The lowest BCUT2D eigenvalue weighted by molar-refractivity contribution is 1.37. The standard InChI is InChI=1S/C16H13BrN2S/c1-11-2-4-12(5-3-11)15-10-20-16(19-15)18-14-8-6-13(17)7-9-14/h2-10H,1H3,(H,18,19). The first-order valence-electron chi connectivity index (χ1n) is 6.26. The van der Waals surface area contributed by atoms with Crippen LogP contribution >= 0.6 is 27.3 Å². The second-order valence-electron chi connectivity index (χ2n) is 4.54. The molecule has 0 unspecified atom stereocenters. The molecule has 0 amide bonds. The maximum atomic E-state index is 4.62. The number of anilines is 2. The average Bonchev–Trinajstić information content (AvgIpc) is 2.91. The number of aromatic nitrogens is 1. The van der Waals surface area contributed by atoms with E-state index in [1.807, 2.05) is 24.3 Å². The van der Waals surface area contributed by atoms with Gasteiger partial charge in [-0.05, 0) is 31.2 Å². The Hall–Kier alpha value is -1.65. The summed E-state index contributed by atoms with van der Waals surface area (Å²) in [6, 6.07) is 16.5. The van der Waals surface area contributed by atoms with E-state index in [1.54, 1.807) is 11.3 Å². The monoisotopic (exact) mass is 344 g/mol. The molecule has 1 heterocycles. The van der Waals surface area contributed by atoms with Gasteiger partial charge in [0, 0.05) is 21.1 Å². The Morgan fingerprint density at radius 1 is 1.00 bits per heavy atom. The van der Waals surface area contributed by atoms with Gasteiger partial charge in [-0.15, -0.1) is 11.3 Å². The molecule has 0 saturated carbocycles. The van der Waals surface area contributed by atoms with E-state index in [0.29, 0.717) is 0 Å². The zero-order chi connectivity index (χ0) is 13.9. The van der Waals surface area contributed by atoms with Crippen molar-refractivity contribution in [1.82, 2.24) is 4.98 Å². The SMILES string of the molecule is Cc1ccc(-c2csc(Nc3ccc(Br)cc3)n2)cc1. The summed E-state index contributed by atoms with van der Waals surface area (Å²) in [4.78, 5) is 4.62. The summed E-state index contributed by atoms with van der Waals surface area (Å²) in [6.45, 7) is 2.09. The van der Waals surface area contributed by atoms with Crippen LogP contribution < -0.4 is 5.32 Å². The molecule has 100 valence electrons. The Morgan fingerprint density at radius 3 is 2.40 bits per heavy atom. The fourth-order valence-electron chi connectivity index (χ4n) is 1.84. The first kappa shape index (κ1) is 13.3. The molecule has 1 N–H and O–H groups in total. The molecule has 0 radical (unpaired) electrons. The van der Waals surface area contributed by atoms with E-state index in [0.717, 1.165) is 26.5 Å². The van der Waals surface area contributed by atoms with E-state index < -0.39 is 0 Å². The van der Waals surface area contributed by atoms with Gasteiger partial charge < -0.3 is 5.32 Å². The van der Waals surface area contributed by atoms with Gasteiger partial charge in [0.1, 0.15) is 0 Å². The van der Waals surface area contributed by atoms with E-state index >= 15 is 0 Å². The van der Waals surface area contributed by atoms with Crippen molar-refractivity contribution in [2.24, 2.45) is 0 Å². The van der Waals surface area contributed by atoms with Crippen LogP contribution in [0.25, 0.3) is 11.3 Å². The molecular formula is C16H13BrN2S. The second-order valence-corrected chi connectivity index (χ2v) is 6.31. The minimum atomic E-state index is 0.905. The van der Waals surface area contributed by atoms with Crippen molar-refractivity contribution in [3.05, 3.63) is 63.9 Å². The van der Waals surface area contributed by atoms with Crippen molar-refractivity contribution in [1.29, 1.82) is 0 Å². The van der Waals surface area contributed by atoms with E-state index in [4.69, 9.17) is 0 Å². The summed E-state index contributed by atoms with van der Waals surface area (Å²) >= 11 is 5.04. The van der Waals surface area contributed by atoms with Crippen molar-refractivity contribution < 1.29 is 0 Å². The fraction of sp³-hybridized carbons (Fsp3) is 0.0625. The molecule has 4 heteroatoms. The summed E-state index contributed by atoms with van der Waals surface area (Å²) in [6.07, 6.45) is 0. The molecule has 0 fully saturated rings. The quantitative estimate of drug-likeness (QED) is 0.666. The van der Waals surface area contributed by atoms with Gasteiger partial charge in [0.15, 0.2) is 5.13 Å². The highest BCUT2D eigenvalue weighted by atomic mass is 79.9. The molecule has 3 aromatic rings. The van der Waals surface area contributed by atoms with Crippen molar-refractivity contribution in [3.63, 3.8) is 0 Å². The number of halogens is 1. The Balaban J connectivity index is 1.80. The first-order chi connectivity index (χ1) is 9.70. The van der Waals surface area contributed by atoms with Gasteiger partial charge in [0.2, 0.25) is 0 Å². The van der Waals surface area contributed by atoms with Crippen LogP contribution in [0.2, 0.25) is 0 Å². The highest BCUT2D eigenvalue weighted by Crippen LogP contribution is 2.27. The third kappa shape index (κ3) is 3.08. The molecular weight excluding hydrogens is 332 g/mol. The number of nitrogens with one attached hydrogen (secondary N) is 1. The molecule has 0 aliphatic heterocycles. The smallest absolute Gasteiger partial charge is 0.187 e. The van der Waals surface area contributed by atoms with E-state index in [-0.39, 0.29) is 0 Å². The molecule has 0 bridgehead atoms. The van der Waals surface area contributed by atoms with Crippen LogP contribution in [0.15, 0.2) is 58.4 Å². The van der Waals surface area contributed by atoms with Gasteiger partial charge in [0.05, 0.1) is 5.69 Å². The highest BCUT2D eigenvalue weighted by Gasteiger charge is 2.04. The molecule has 2 aromatic carbocycles. The van der Waals surface area contributed by atoms with Crippen LogP contribution in [0, 0.1) is 6.92 Å². The number of benzene rings is 2. The maximum absolute atomic E-state index is 4.62. The third-order valence-electron chi connectivity index (χ3n) is 2.95. The highest BCUT2D eigenvalue weighted by molar-refractivity contribution is 9.10. The number of hydrogen-bond acceptors (Lipinski definition) is 3. The number of thiazole rings is 1. The summed E-state index contributed by atoms with van der Waals surface area (Å²) in [7, 11) is 0. The predicted molar refractivity (Wildman–Crippen MR) is 89.7 cm³/mol. The minimum Gasteiger partial charge on any atom is -0.332 e. The van der Waals surface area contributed by atoms with Gasteiger partial charge in [-0.25, -0.2) is 4.98 Å². The number of rotatable bonds is 3. The van der Waals surface area contributed by atoms with Crippen LogP contribution in [0.1, 0.15) is 5.56 Å². The normalized spacial score (nSPS) is 10.5. The van der Waals surface area contributed by atoms with Gasteiger partial charge in [-0.2, -0.15) is 0 Å². The van der Waals surface area contributed by atoms with Crippen LogP contribution in [0.4, 0.5) is 10.8 Å². The summed E-state index contributed by atoms with van der Waals surface area (Å²) in [5, 5.41) is 6.30. The third-order valence-corrected chi connectivity index (χ3v) is 4.23. The van der Waals surface area contributed by atoms with Gasteiger partial charge >= 0.3 is 0 Å². The van der Waals surface area contributed by atoms with Crippen molar-refractivity contribution in [2.45, 2.75) is 6.92 Å². The molecule has 0 aliphatic rings. The zero-order valence-electron chi connectivity index (χ0n) is 10.9. The van der Waals surface area contributed by atoms with Crippen LogP contribution in [-0.4, -0.2) is 4.98 Å². The number of hydrogen-bond donors (Lipinski definition) is 1. The Labute approximate surface area is 130 Å². The van der Waals surface area contributed by atoms with Gasteiger partial charge in [-0.1, -0.05) is 45.8 Å². The lowest BCUT2D eigenvalue weighted by Crippen LogP contribution is -1.89. The van der Waals surface area contributed by atoms with Gasteiger partial charge in [-0.3, -0.25) is 0 Å². The van der Waals surface area contributed by atoms with E-state index in [1.165, 1.54) is 5.56 Å². The largest absolute Gasteiger partial charge is 0.332 e. The van der Waals surface area contributed by atoms with E-state index in [9.17, 15) is 0 Å². The number of aryl methyl sites for hydroxylation is 1. The lowest BCUT2D eigenvalue weighted by Gasteiger charge is -2.02. The number of nitrogens with zero attached hydrogens (tertiary/aromatic N) is 1. The Kier molecular flexibility index (Phi) is 3.85. The molecule has 2 nitrogen and oxygen atoms in total.